The summed E-state index contributed by atoms with van der Waals surface area (Å²) in [4.78, 5) is 26.3. The van der Waals surface area contributed by atoms with Crippen molar-refractivity contribution in [1.82, 2.24) is 0 Å². The van der Waals surface area contributed by atoms with E-state index in [4.69, 9.17) is 9.47 Å². The number of nitrogens with one attached hydrogen (secondary N) is 1. The zero-order valence-corrected chi connectivity index (χ0v) is 19.5. The van der Waals surface area contributed by atoms with E-state index in [0.717, 1.165) is 29.7 Å². The summed E-state index contributed by atoms with van der Waals surface area (Å²) >= 11 is 1.39. The number of thiophene rings is 1. The van der Waals surface area contributed by atoms with Crippen LogP contribution < -0.4 is 10.1 Å². The van der Waals surface area contributed by atoms with Crippen LogP contribution in [0.25, 0.3) is 0 Å². The number of rotatable bonds is 8. The van der Waals surface area contributed by atoms with Crippen molar-refractivity contribution in [3.8, 4) is 5.75 Å². The maximum absolute atomic E-state index is 12.6. The number of anilines is 1. The van der Waals surface area contributed by atoms with Crippen LogP contribution in [-0.2, 0) is 32.2 Å². The molecule has 1 N–H and O–H groups in total. The molecule has 1 aliphatic rings. The van der Waals surface area contributed by atoms with Crippen molar-refractivity contribution in [3.63, 3.8) is 0 Å². The van der Waals surface area contributed by atoms with Crippen LogP contribution in [0.4, 0.5) is 5.00 Å². The van der Waals surface area contributed by atoms with E-state index in [1.165, 1.54) is 30.6 Å². The molecule has 0 aliphatic heterocycles. The molecule has 31 heavy (non-hydrogen) atoms. The Morgan fingerprint density at radius 3 is 2.58 bits per heavy atom. The molecular weight excluding hydrogens is 438 g/mol. The Morgan fingerprint density at radius 2 is 1.94 bits per heavy atom. The van der Waals surface area contributed by atoms with Gasteiger partial charge in [-0.15, -0.1) is 11.3 Å². The molecule has 0 bridgehead atoms. The smallest absolute Gasteiger partial charge is 0.341 e. The van der Waals surface area contributed by atoms with Crippen molar-refractivity contribution in [2.24, 2.45) is 5.92 Å². The molecule has 3 rings (SSSR count). The van der Waals surface area contributed by atoms with Crippen LogP contribution in [0.1, 0.15) is 47.5 Å². The van der Waals surface area contributed by atoms with Crippen LogP contribution in [0.5, 0.6) is 5.75 Å². The first-order valence-corrected chi connectivity index (χ1v) is 12.7. The van der Waals surface area contributed by atoms with Crippen molar-refractivity contribution in [1.29, 1.82) is 0 Å². The third-order valence-corrected chi connectivity index (χ3v) is 8.16. The first kappa shape index (κ1) is 23.3. The number of amides is 1. The highest BCUT2D eigenvalue weighted by molar-refractivity contribution is 7.91. The number of sulfone groups is 1. The van der Waals surface area contributed by atoms with Gasteiger partial charge < -0.3 is 14.8 Å². The van der Waals surface area contributed by atoms with Crippen LogP contribution >= 0.6 is 11.3 Å². The van der Waals surface area contributed by atoms with Gasteiger partial charge in [-0.05, 0) is 61.9 Å². The summed E-state index contributed by atoms with van der Waals surface area (Å²) in [6.45, 7) is 4.14. The zero-order valence-electron chi connectivity index (χ0n) is 17.9. The fourth-order valence-corrected chi connectivity index (χ4v) is 6.23. The molecule has 0 spiro atoms. The van der Waals surface area contributed by atoms with E-state index >= 15 is 0 Å². The van der Waals surface area contributed by atoms with Crippen LogP contribution in [0.15, 0.2) is 29.2 Å². The van der Waals surface area contributed by atoms with E-state index < -0.39 is 21.7 Å². The minimum Gasteiger partial charge on any atom is -0.497 e. The number of esters is 1. The largest absolute Gasteiger partial charge is 0.497 e. The average Bonchev–Trinajstić information content (AvgIpc) is 3.09. The molecule has 2 aromatic rings. The highest BCUT2D eigenvalue weighted by Crippen LogP contribution is 2.40. The summed E-state index contributed by atoms with van der Waals surface area (Å²) in [5.41, 5.74) is 1.36. The van der Waals surface area contributed by atoms with Gasteiger partial charge in [0, 0.05) is 11.3 Å². The average molecular weight is 466 g/mol. The van der Waals surface area contributed by atoms with Crippen LogP contribution in [-0.4, -0.2) is 39.8 Å². The van der Waals surface area contributed by atoms with Gasteiger partial charge in [0.2, 0.25) is 5.91 Å². The van der Waals surface area contributed by atoms with Crippen molar-refractivity contribution in [3.05, 3.63) is 40.3 Å². The number of hydrogen-bond acceptors (Lipinski definition) is 7. The summed E-state index contributed by atoms with van der Waals surface area (Å²) < 4.78 is 35.3. The SMILES string of the molecule is CCOC(=O)c1c(NC(=O)CCS(=O)(=O)c2ccc(OC)cc2)sc2c1CCC(C)C2. The second-order valence-corrected chi connectivity index (χ2v) is 10.8. The molecule has 1 heterocycles. The lowest BCUT2D eigenvalue weighted by Crippen LogP contribution is -2.19. The van der Waals surface area contributed by atoms with Gasteiger partial charge in [0.15, 0.2) is 9.84 Å². The van der Waals surface area contributed by atoms with Crippen molar-refractivity contribution >= 4 is 38.1 Å². The van der Waals surface area contributed by atoms with E-state index in [1.54, 1.807) is 19.1 Å². The lowest BCUT2D eigenvalue weighted by molar-refractivity contribution is -0.115. The number of ether oxygens (including phenoxy) is 2. The number of methoxy groups -OCH3 is 1. The lowest BCUT2D eigenvalue weighted by Gasteiger charge is -2.18. The van der Waals surface area contributed by atoms with Gasteiger partial charge in [-0.1, -0.05) is 6.92 Å². The fourth-order valence-electron chi connectivity index (χ4n) is 3.58. The number of carbonyl (C=O) groups excluding carboxylic acids is 2. The molecule has 0 radical (unpaired) electrons. The van der Waals surface area contributed by atoms with Gasteiger partial charge in [0.1, 0.15) is 10.8 Å². The Labute approximate surface area is 186 Å². The second kappa shape index (κ2) is 9.82. The van der Waals surface area contributed by atoms with Crippen molar-refractivity contribution in [2.75, 3.05) is 24.8 Å². The van der Waals surface area contributed by atoms with Crippen molar-refractivity contribution < 1.29 is 27.5 Å². The third-order valence-electron chi connectivity index (χ3n) is 5.26. The zero-order chi connectivity index (χ0) is 22.6. The molecule has 1 amide bonds. The molecule has 0 saturated carbocycles. The molecule has 1 aromatic carbocycles. The number of hydrogen-bond donors (Lipinski definition) is 1. The van der Waals surface area contributed by atoms with Crippen LogP contribution in [0.3, 0.4) is 0 Å². The Kier molecular flexibility index (Phi) is 7.38. The first-order chi connectivity index (χ1) is 14.7. The highest BCUT2D eigenvalue weighted by Gasteiger charge is 2.29. The molecule has 7 nitrogen and oxygen atoms in total. The molecule has 0 fully saturated rings. The van der Waals surface area contributed by atoms with Crippen LogP contribution in [0, 0.1) is 5.92 Å². The van der Waals surface area contributed by atoms with Gasteiger partial charge in [-0.3, -0.25) is 4.79 Å². The number of carbonyl (C=O) groups is 2. The molecule has 1 atom stereocenters. The summed E-state index contributed by atoms with van der Waals surface area (Å²) in [5, 5.41) is 3.21. The molecule has 0 saturated heterocycles. The Bertz CT molecular complexity index is 1060. The third kappa shape index (κ3) is 5.46. The maximum Gasteiger partial charge on any atom is 0.341 e. The standard InChI is InChI=1S/C22H27NO6S2/c1-4-29-22(25)20-17-10-5-14(2)13-18(17)30-21(20)23-19(24)11-12-31(26,27)16-8-6-15(28-3)7-9-16/h6-9,14H,4-5,10-13H2,1-3H3,(H,23,24). The molecule has 168 valence electrons. The van der Waals surface area contributed by atoms with E-state index in [-0.39, 0.29) is 23.7 Å². The summed E-state index contributed by atoms with van der Waals surface area (Å²) in [6, 6.07) is 6.05. The maximum atomic E-state index is 12.6. The number of fused-ring (bicyclic) bond motifs is 1. The molecular formula is C22H27NO6S2. The first-order valence-electron chi connectivity index (χ1n) is 10.2. The minimum absolute atomic E-state index is 0.133. The van der Waals surface area contributed by atoms with Gasteiger partial charge in [-0.2, -0.15) is 0 Å². The Morgan fingerprint density at radius 1 is 1.23 bits per heavy atom. The van der Waals surface area contributed by atoms with Gasteiger partial charge >= 0.3 is 5.97 Å². The predicted molar refractivity (Wildman–Crippen MR) is 120 cm³/mol. The second-order valence-electron chi connectivity index (χ2n) is 7.57. The fraction of sp³-hybridized carbons (Fsp3) is 0.455. The topological polar surface area (TPSA) is 98.8 Å². The van der Waals surface area contributed by atoms with E-state index in [9.17, 15) is 18.0 Å². The molecule has 1 aliphatic carbocycles. The van der Waals surface area contributed by atoms with E-state index in [2.05, 4.69) is 12.2 Å². The van der Waals surface area contributed by atoms with Crippen molar-refractivity contribution in [2.45, 2.75) is 44.4 Å². The Balaban J connectivity index is 1.73. The minimum atomic E-state index is -3.62. The molecule has 1 aromatic heterocycles. The number of benzene rings is 1. The van der Waals surface area contributed by atoms with Gasteiger partial charge in [-0.25, -0.2) is 13.2 Å². The van der Waals surface area contributed by atoms with E-state index in [0.29, 0.717) is 22.2 Å². The summed E-state index contributed by atoms with van der Waals surface area (Å²) in [6.07, 6.45) is 2.39. The monoisotopic (exact) mass is 465 g/mol. The summed E-state index contributed by atoms with van der Waals surface area (Å²) in [5.74, 6) is -0.161. The normalized spacial score (nSPS) is 15.8. The van der Waals surface area contributed by atoms with Gasteiger partial charge in [0.05, 0.1) is 29.9 Å². The quantitative estimate of drug-likeness (QED) is 0.595. The Hall–Kier alpha value is -2.39. The molecule has 9 heteroatoms. The summed E-state index contributed by atoms with van der Waals surface area (Å²) in [7, 11) is -2.12. The highest BCUT2D eigenvalue weighted by atomic mass is 32.2. The molecule has 1 unspecified atom stereocenters. The van der Waals surface area contributed by atoms with Gasteiger partial charge in [0.25, 0.3) is 0 Å². The van der Waals surface area contributed by atoms with Crippen LogP contribution in [0.2, 0.25) is 0 Å². The predicted octanol–water partition coefficient (Wildman–Crippen LogP) is 3.86. The van der Waals surface area contributed by atoms with E-state index in [1.807, 2.05) is 0 Å². The lowest BCUT2D eigenvalue weighted by atomic mass is 9.88.